The molecule has 2 aromatic carbocycles. The third kappa shape index (κ3) is 6.24. The van der Waals surface area contributed by atoms with Crippen LogP contribution >= 0.6 is 0 Å². The highest BCUT2D eigenvalue weighted by Crippen LogP contribution is 2.21. The van der Waals surface area contributed by atoms with Gasteiger partial charge in [-0.25, -0.2) is 4.79 Å². The molecule has 2 rings (SSSR count). The summed E-state index contributed by atoms with van der Waals surface area (Å²) in [5.74, 6) is 0.488. The number of ether oxygens (including phenoxy) is 1. The number of carbonyl (C=O) groups is 1. The van der Waals surface area contributed by atoms with Crippen molar-refractivity contribution in [2.24, 2.45) is 5.92 Å². The molecule has 4 heteroatoms. The molecule has 134 valence electrons. The van der Waals surface area contributed by atoms with E-state index < -0.39 is 0 Å². The van der Waals surface area contributed by atoms with Gasteiger partial charge in [-0.05, 0) is 23.5 Å². The molecule has 0 heterocycles. The summed E-state index contributed by atoms with van der Waals surface area (Å²) >= 11 is 0. The first-order valence-corrected chi connectivity index (χ1v) is 8.77. The van der Waals surface area contributed by atoms with Gasteiger partial charge in [0, 0.05) is 13.7 Å². The molecule has 0 aliphatic heterocycles. The van der Waals surface area contributed by atoms with Gasteiger partial charge in [-0.2, -0.15) is 0 Å². The second-order valence-electron chi connectivity index (χ2n) is 6.58. The molecule has 0 aliphatic rings. The van der Waals surface area contributed by atoms with E-state index in [0.717, 1.165) is 17.5 Å². The van der Waals surface area contributed by atoms with E-state index >= 15 is 0 Å². The number of amides is 2. The first-order chi connectivity index (χ1) is 12.1. The Hall–Kier alpha value is -2.33. The monoisotopic (exact) mass is 340 g/mol. The largest absolute Gasteiger partial charge is 0.375 e. The average molecular weight is 340 g/mol. The molecule has 0 bridgehead atoms. The predicted octanol–water partition coefficient (Wildman–Crippen LogP) is 4.46. The van der Waals surface area contributed by atoms with Gasteiger partial charge in [0.1, 0.15) is 0 Å². The zero-order valence-corrected chi connectivity index (χ0v) is 15.2. The number of carbonyl (C=O) groups excluding carboxylic acids is 1. The van der Waals surface area contributed by atoms with Gasteiger partial charge < -0.3 is 15.4 Å². The molecule has 0 fully saturated rings. The number of benzene rings is 2. The van der Waals surface area contributed by atoms with E-state index in [1.54, 1.807) is 7.11 Å². The minimum Gasteiger partial charge on any atom is -0.375 e. The van der Waals surface area contributed by atoms with Crippen molar-refractivity contribution in [3.8, 4) is 0 Å². The highest BCUT2D eigenvalue weighted by atomic mass is 16.5. The van der Waals surface area contributed by atoms with Gasteiger partial charge >= 0.3 is 6.03 Å². The van der Waals surface area contributed by atoms with Gasteiger partial charge in [-0.3, -0.25) is 0 Å². The van der Waals surface area contributed by atoms with E-state index in [-0.39, 0.29) is 18.2 Å². The Morgan fingerprint density at radius 1 is 0.960 bits per heavy atom. The molecule has 4 nitrogen and oxygen atoms in total. The van der Waals surface area contributed by atoms with Crippen LogP contribution in [-0.2, 0) is 4.74 Å². The Kier molecular flexibility index (Phi) is 7.48. The smallest absolute Gasteiger partial charge is 0.315 e. The van der Waals surface area contributed by atoms with Crippen molar-refractivity contribution in [1.82, 2.24) is 10.6 Å². The van der Waals surface area contributed by atoms with Crippen LogP contribution in [0.25, 0.3) is 0 Å². The fraction of sp³-hybridized carbons (Fsp3) is 0.381. The van der Waals surface area contributed by atoms with Crippen molar-refractivity contribution in [3.05, 3.63) is 71.8 Å². The number of urea groups is 1. The normalized spacial score (nSPS) is 13.3. The Morgan fingerprint density at radius 2 is 1.52 bits per heavy atom. The summed E-state index contributed by atoms with van der Waals surface area (Å²) in [5.41, 5.74) is 2.17. The maximum Gasteiger partial charge on any atom is 0.315 e. The van der Waals surface area contributed by atoms with Crippen molar-refractivity contribution in [1.29, 1.82) is 0 Å². The van der Waals surface area contributed by atoms with Crippen LogP contribution < -0.4 is 10.6 Å². The van der Waals surface area contributed by atoms with Crippen LogP contribution in [0, 0.1) is 5.92 Å². The highest BCUT2D eigenvalue weighted by molar-refractivity contribution is 5.74. The van der Waals surface area contributed by atoms with Crippen molar-refractivity contribution >= 4 is 6.03 Å². The van der Waals surface area contributed by atoms with E-state index in [0.29, 0.717) is 12.5 Å². The summed E-state index contributed by atoms with van der Waals surface area (Å²) in [6.07, 6.45) is 0.733. The van der Waals surface area contributed by atoms with Crippen molar-refractivity contribution in [2.75, 3.05) is 13.7 Å². The molecule has 2 atom stereocenters. The number of hydrogen-bond donors (Lipinski definition) is 2. The Labute approximate surface area is 150 Å². The van der Waals surface area contributed by atoms with Crippen LogP contribution in [-0.4, -0.2) is 19.7 Å². The van der Waals surface area contributed by atoms with E-state index in [1.165, 1.54) is 0 Å². The van der Waals surface area contributed by atoms with Crippen LogP contribution in [0.1, 0.15) is 43.5 Å². The molecule has 0 unspecified atom stereocenters. The molecular weight excluding hydrogens is 312 g/mol. The van der Waals surface area contributed by atoms with Crippen molar-refractivity contribution in [2.45, 2.75) is 32.4 Å². The van der Waals surface area contributed by atoms with Gasteiger partial charge in [0.05, 0.1) is 12.1 Å². The standard InChI is InChI=1S/C21H28N2O2/c1-16(2)14-19(17-10-6-4-7-11-17)23-21(24)22-15-20(25-3)18-12-8-5-9-13-18/h4-13,16,19-20H,14-15H2,1-3H3,(H2,22,23,24)/t19-,20-/m0/s1. The average Bonchev–Trinajstić information content (AvgIpc) is 2.63. The Bertz CT molecular complexity index is 629. The minimum absolute atomic E-state index is 0.001000. The first kappa shape index (κ1) is 19.0. The van der Waals surface area contributed by atoms with Gasteiger partial charge in [0.25, 0.3) is 0 Å². The predicted molar refractivity (Wildman–Crippen MR) is 101 cm³/mol. The Morgan fingerprint density at radius 3 is 2.04 bits per heavy atom. The van der Waals surface area contributed by atoms with E-state index in [9.17, 15) is 4.79 Å². The summed E-state index contributed by atoms with van der Waals surface area (Å²) in [4.78, 5) is 12.4. The van der Waals surface area contributed by atoms with Crippen LogP contribution in [0.2, 0.25) is 0 Å². The van der Waals surface area contributed by atoms with Crippen molar-refractivity contribution < 1.29 is 9.53 Å². The molecule has 0 aromatic heterocycles. The molecule has 0 radical (unpaired) electrons. The van der Waals surface area contributed by atoms with E-state index in [2.05, 4.69) is 36.6 Å². The van der Waals surface area contributed by atoms with Gasteiger partial charge in [0.2, 0.25) is 0 Å². The second-order valence-corrected chi connectivity index (χ2v) is 6.58. The van der Waals surface area contributed by atoms with Gasteiger partial charge in [-0.15, -0.1) is 0 Å². The lowest BCUT2D eigenvalue weighted by Gasteiger charge is -2.22. The maximum absolute atomic E-state index is 12.4. The SMILES string of the molecule is CO[C@@H](CNC(=O)N[C@@H](CC(C)C)c1ccccc1)c1ccccc1. The summed E-state index contributed by atoms with van der Waals surface area (Å²) in [6.45, 7) is 4.74. The molecule has 2 aromatic rings. The third-order valence-electron chi connectivity index (χ3n) is 4.12. The number of methoxy groups -OCH3 is 1. The lowest BCUT2D eigenvalue weighted by atomic mass is 9.97. The lowest BCUT2D eigenvalue weighted by Crippen LogP contribution is -2.40. The minimum atomic E-state index is -0.174. The topological polar surface area (TPSA) is 50.4 Å². The number of hydrogen-bond acceptors (Lipinski definition) is 2. The molecule has 2 amide bonds. The summed E-state index contributed by atoms with van der Waals surface area (Å²) in [6, 6.07) is 19.8. The number of rotatable bonds is 8. The van der Waals surface area contributed by atoms with Crippen LogP contribution in [0.4, 0.5) is 4.79 Å². The molecule has 2 N–H and O–H groups in total. The molecule has 0 saturated carbocycles. The van der Waals surface area contributed by atoms with E-state index in [1.807, 2.05) is 48.5 Å². The summed E-state index contributed by atoms with van der Waals surface area (Å²) < 4.78 is 5.50. The maximum atomic E-state index is 12.4. The second kappa shape index (κ2) is 9.84. The zero-order chi connectivity index (χ0) is 18.1. The fourth-order valence-electron chi connectivity index (χ4n) is 2.83. The van der Waals surface area contributed by atoms with Gasteiger partial charge in [-0.1, -0.05) is 74.5 Å². The molecule has 25 heavy (non-hydrogen) atoms. The summed E-state index contributed by atoms with van der Waals surface area (Å²) in [5, 5.41) is 6.02. The van der Waals surface area contributed by atoms with Crippen LogP contribution in [0.3, 0.4) is 0 Å². The Balaban J connectivity index is 1.94. The third-order valence-corrected chi connectivity index (χ3v) is 4.12. The lowest BCUT2D eigenvalue weighted by molar-refractivity contribution is 0.104. The highest BCUT2D eigenvalue weighted by Gasteiger charge is 2.17. The van der Waals surface area contributed by atoms with Crippen LogP contribution in [0.15, 0.2) is 60.7 Å². The molecular formula is C21H28N2O2. The van der Waals surface area contributed by atoms with Crippen molar-refractivity contribution in [3.63, 3.8) is 0 Å². The van der Waals surface area contributed by atoms with Crippen LogP contribution in [0.5, 0.6) is 0 Å². The first-order valence-electron chi connectivity index (χ1n) is 8.77. The quantitative estimate of drug-likeness (QED) is 0.745. The number of nitrogens with one attached hydrogen (secondary N) is 2. The fourth-order valence-corrected chi connectivity index (χ4v) is 2.83. The molecule has 0 saturated heterocycles. The van der Waals surface area contributed by atoms with E-state index in [4.69, 9.17) is 4.74 Å². The molecule has 0 spiro atoms. The van der Waals surface area contributed by atoms with Gasteiger partial charge in [0.15, 0.2) is 0 Å². The summed E-state index contributed by atoms with van der Waals surface area (Å²) in [7, 11) is 1.66. The zero-order valence-electron chi connectivity index (χ0n) is 15.2. The molecule has 0 aliphatic carbocycles.